The van der Waals surface area contributed by atoms with Gasteiger partial charge in [0, 0.05) is 25.7 Å². The van der Waals surface area contributed by atoms with Crippen molar-refractivity contribution in [3.05, 3.63) is 17.7 Å². The number of hydrogen-bond donors (Lipinski definition) is 1. The molecule has 0 aliphatic rings. The SMILES string of the molecule is CCCNc1nc(N(C)C(C)C(C)(C)C)c(F)cc1F. The molecule has 1 unspecified atom stereocenters. The Morgan fingerprint density at radius 3 is 2.40 bits per heavy atom. The Labute approximate surface area is 120 Å². The fourth-order valence-electron chi connectivity index (χ4n) is 1.84. The van der Waals surface area contributed by atoms with Crippen LogP contribution in [0.3, 0.4) is 0 Å². The van der Waals surface area contributed by atoms with Gasteiger partial charge in [0.05, 0.1) is 0 Å². The number of aromatic nitrogens is 1. The molecule has 1 atom stereocenters. The van der Waals surface area contributed by atoms with Gasteiger partial charge in [0.1, 0.15) is 0 Å². The number of hydrogen-bond acceptors (Lipinski definition) is 3. The number of nitrogens with one attached hydrogen (secondary N) is 1. The third kappa shape index (κ3) is 3.81. The summed E-state index contributed by atoms with van der Waals surface area (Å²) in [5.41, 5.74) is -0.0335. The van der Waals surface area contributed by atoms with Crippen LogP contribution < -0.4 is 10.2 Å². The highest BCUT2D eigenvalue weighted by molar-refractivity contribution is 5.49. The molecule has 1 heterocycles. The minimum atomic E-state index is -0.656. The maximum absolute atomic E-state index is 14.0. The topological polar surface area (TPSA) is 28.2 Å². The van der Waals surface area contributed by atoms with E-state index in [2.05, 4.69) is 31.1 Å². The van der Waals surface area contributed by atoms with Gasteiger partial charge in [-0.15, -0.1) is 0 Å². The fourth-order valence-corrected chi connectivity index (χ4v) is 1.84. The number of rotatable bonds is 5. The largest absolute Gasteiger partial charge is 0.368 e. The van der Waals surface area contributed by atoms with Gasteiger partial charge in [0.15, 0.2) is 23.3 Å². The van der Waals surface area contributed by atoms with E-state index in [1.54, 1.807) is 11.9 Å². The van der Waals surface area contributed by atoms with Gasteiger partial charge in [-0.05, 0) is 18.8 Å². The number of halogens is 2. The van der Waals surface area contributed by atoms with Crippen LogP contribution in [0.25, 0.3) is 0 Å². The molecule has 0 saturated heterocycles. The van der Waals surface area contributed by atoms with Crippen LogP contribution >= 0.6 is 0 Å². The normalized spacial score (nSPS) is 13.2. The lowest BCUT2D eigenvalue weighted by Crippen LogP contribution is -2.40. The van der Waals surface area contributed by atoms with E-state index in [0.717, 1.165) is 12.5 Å². The van der Waals surface area contributed by atoms with E-state index in [-0.39, 0.29) is 23.1 Å². The first-order valence-electron chi connectivity index (χ1n) is 7.01. The van der Waals surface area contributed by atoms with E-state index in [1.807, 2.05) is 13.8 Å². The molecular formula is C15H25F2N3. The minimum absolute atomic E-state index is 0.0335. The molecule has 0 aliphatic heterocycles. The van der Waals surface area contributed by atoms with E-state index in [0.29, 0.717) is 6.54 Å². The highest BCUT2D eigenvalue weighted by Crippen LogP contribution is 2.29. The van der Waals surface area contributed by atoms with Gasteiger partial charge in [-0.1, -0.05) is 27.7 Å². The van der Waals surface area contributed by atoms with Gasteiger partial charge in [0.2, 0.25) is 0 Å². The number of pyridine rings is 1. The Hall–Kier alpha value is -1.39. The van der Waals surface area contributed by atoms with E-state index in [1.165, 1.54) is 0 Å². The summed E-state index contributed by atoms with van der Waals surface area (Å²) < 4.78 is 27.6. The zero-order valence-electron chi connectivity index (χ0n) is 13.2. The Morgan fingerprint density at radius 1 is 1.30 bits per heavy atom. The van der Waals surface area contributed by atoms with Gasteiger partial charge >= 0.3 is 0 Å². The maximum atomic E-state index is 14.0. The molecule has 1 aromatic heterocycles. The first kappa shape index (κ1) is 16.7. The molecule has 1 N–H and O–H groups in total. The van der Waals surface area contributed by atoms with Crippen LogP contribution in [-0.4, -0.2) is 24.6 Å². The van der Waals surface area contributed by atoms with Crippen LogP contribution in [0.1, 0.15) is 41.0 Å². The average molecular weight is 285 g/mol. The first-order chi connectivity index (χ1) is 9.18. The molecule has 3 nitrogen and oxygen atoms in total. The second kappa shape index (κ2) is 6.37. The van der Waals surface area contributed by atoms with Gasteiger partial charge in [0.25, 0.3) is 0 Å². The molecule has 20 heavy (non-hydrogen) atoms. The average Bonchev–Trinajstić information content (AvgIpc) is 2.35. The van der Waals surface area contributed by atoms with Crippen molar-refractivity contribution in [1.29, 1.82) is 0 Å². The molecule has 0 bridgehead atoms. The lowest BCUT2D eigenvalue weighted by atomic mass is 9.87. The van der Waals surface area contributed by atoms with Crippen molar-refractivity contribution in [3.8, 4) is 0 Å². The zero-order valence-corrected chi connectivity index (χ0v) is 13.2. The number of nitrogens with zero attached hydrogens (tertiary/aromatic N) is 2. The zero-order chi connectivity index (χ0) is 15.5. The predicted octanol–water partition coefficient (Wildman–Crippen LogP) is 4.05. The summed E-state index contributed by atoms with van der Waals surface area (Å²) in [6.45, 7) is 10.8. The first-order valence-corrected chi connectivity index (χ1v) is 7.01. The molecule has 0 amide bonds. The molecule has 114 valence electrons. The lowest BCUT2D eigenvalue weighted by molar-refractivity contribution is 0.326. The third-order valence-electron chi connectivity index (χ3n) is 3.62. The van der Waals surface area contributed by atoms with Crippen molar-refractivity contribution in [2.24, 2.45) is 5.41 Å². The molecule has 0 aromatic carbocycles. The second-order valence-corrected chi connectivity index (χ2v) is 6.20. The minimum Gasteiger partial charge on any atom is -0.368 e. The smallest absolute Gasteiger partial charge is 0.168 e. The molecule has 0 spiro atoms. The fraction of sp³-hybridized carbons (Fsp3) is 0.667. The van der Waals surface area contributed by atoms with E-state index >= 15 is 0 Å². The summed E-state index contributed by atoms with van der Waals surface area (Å²) in [5, 5.41) is 2.88. The van der Waals surface area contributed by atoms with Crippen molar-refractivity contribution < 1.29 is 8.78 Å². The van der Waals surface area contributed by atoms with Crippen LogP contribution in [0, 0.1) is 17.0 Å². The third-order valence-corrected chi connectivity index (χ3v) is 3.62. The summed E-state index contributed by atoms with van der Waals surface area (Å²) >= 11 is 0. The summed E-state index contributed by atoms with van der Waals surface area (Å²) in [7, 11) is 1.78. The quantitative estimate of drug-likeness (QED) is 0.884. The Kier molecular flexibility index (Phi) is 5.31. The van der Waals surface area contributed by atoms with E-state index in [4.69, 9.17) is 0 Å². The molecule has 5 heteroatoms. The van der Waals surface area contributed by atoms with E-state index in [9.17, 15) is 8.78 Å². The van der Waals surface area contributed by atoms with Crippen LogP contribution in [0.4, 0.5) is 20.4 Å². The molecule has 1 aromatic rings. The second-order valence-electron chi connectivity index (χ2n) is 6.20. The monoisotopic (exact) mass is 285 g/mol. The van der Waals surface area contributed by atoms with Crippen molar-refractivity contribution in [1.82, 2.24) is 4.98 Å². The van der Waals surface area contributed by atoms with Crippen LogP contribution in [0.15, 0.2) is 6.07 Å². The van der Waals surface area contributed by atoms with Crippen molar-refractivity contribution in [2.75, 3.05) is 23.8 Å². The molecular weight excluding hydrogens is 260 g/mol. The Morgan fingerprint density at radius 2 is 1.90 bits per heavy atom. The van der Waals surface area contributed by atoms with Crippen LogP contribution in [0.5, 0.6) is 0 Å². The van der Waals surface area contributed by atoms with Crippen molar-refractivity contribution >= 4 is 11.6 Å². The van der Waals surface area contributed by atoms with Gasteiger partial charge < -0.3 is 10.2 Å². The maximum Gasteiger partial charge on any atom is 0.168 e. The summed E-state index contributed by atoms with van der Waals surface area (Å²) in [5.74, 6) is -1.01. The Bertz CT molecular complexity index is 455. The highest BCUT2D eigenvalue weighted by Gasteiger charge is 2.27. The lowest BCUT2D eigenvalue weighted by Gasteiger charge is -2.36. The van der Waals surface area contributed by atoms with Crippen LogP contribution in [0.2, 0.25) is 0 Å². The molecule has 0 fully saturated rings. The molecule has 0 saturated carbocycles. The summed E-state index contributed by atoms with van der Waals surface area (Å²) in [6, 6.07) is 0.959. The van der Waals surface area contributed by atoms with E-state index < -0.39 is 11.6 Å². The van der Waals surface area contributed by atoms with Gasteiger partial charge in [-0.25, -0.2) is 13.8 Å². The molecule has 1 rings (SSSR count). The van der Waals surface area contributed by atoms with Crippen molar-refractivity contribution in [2.45, 2.75) is 47.1 Å². The molecule has 0 aliphatic carbocycles. The number of anilines is 2. The van der Waals surface area contributed by atoms with Gasteiger partial charge in [-0.3, -0.25) is 0 Å². The highest BCUT2D eigenvalue weighted by atomic mass is 19.1. The summed E-state index contributed by atoms with van der Waals surface area (Å²) in [6.07, 6.45) is 0.849. The Balaban J connectivity index is 3.11. The predicted molar refractivity (Wildman–Crippen MR) is 80.3 cm³/mol. The summed E-state index contributed by atoms with van der Waals surface area (Å²) in [4.78, 5) is 5.86. The van der Waals surface area contributed by atoms with Crippen LogP contribution in [-0.2, 0) is 0 Å². The molecule has 0 radical (unpaired) electrons. The van der Waals surface area contributed by atoms with Crippen molar-refractivity contribution in [3.63, 3.8) is 0 Å². The standard InChI is InChI=1S/C15H25F2N3/c1-7-8-18-13-11(16)9-12(17)14(19-13)20(6)10(2)15(3,4)5/h9-10H,7-8H2,1-6H3,(H,18,19). The van der Waals surface area contributed by atoms with Gasteiger partial charge in [-0.2, -0.15) is 0 Å².